The van der Waals surface area contributed by atoms with Crippen molar-refractivity contribution in [2.45, 2.75) is 32.9 Å². The second-order valence-corrected chi connectivity index (χ2v) is 5.66. The van der Waals surface area contributed by atoms with E-state index in [-0.39, 0.29) is 17.6 Å². The Bertz CT molecular complexity index is 582. The zero-order valence-corrected chi connectivity index (χ0v) is 11.7. The SMILES string of the molecule is CC(N)c1ccc(-c2cccs2)n(C(C)C)c1=O. The van der Waals surface area contributed by atoms with E-state index in [4.69, 9.17) is 5.73 Å². The van der Waals surface area contributed by atoms with Crippen molar-refractivity contribution in [1.82, 2.24) is 4.57 Å². The molecular formula is C14H18N2OS. The number of thiophene rings is 1. The van der Waals surface area contributed by atoms with Gasteiger partial charge >= 0.3 is 0 Å². The van der Waals surface area contributed by atoms with Gasteiger partial charge in [0, 0.05) is 17.6 Å². The van der Waals surface area contributed by atoms with Crippen LogP contribution in [0, 0.1) is 0 Å². The monoisotopic (exact) mass is 262 g/mol. The van der Waals surface area contributed by atoms with Crippen LogP contribution in [0.3, 0.4) is 0 Å². The lowest BCUT2D eigenvalue weighted by molar-refractivity contribution is 0.575. The van der Waals surface area contributed by atoms with Crippen LogP contribution in [0.25, 0.3) is 10.6 Å². The molecule has 0 saturated heterocycles. The third kappa shape index (κ3) is 2.26. The van der Waals surface area contributed by atoms with E-state index >= 15 is 0 Å². The molecule has 96 valence electrons. The van der Waals surface area contributed by atoms with E-state index in [1.165, 1.54) is 0 Å². The van der Waals surface area contributed by atoms with E-state index in [0.717, 1.165) is 10.6 Å². The molecule has 2 aromatic heterocycles. The van der Waals surface area contributed by atoms with Crippen LogP contribution in [-0.2, 0) is 0 Å². The largest absolute Gasteiger partial charge is 0.324 e. The van der Waals surface area contributed by atoms with Gasteiger partial charge in [-0.2, -0.15) is 0 Å². The molecule has 0 saturated carbocycles. The van der Waals surface area contributed by atoms with Crippen LogP contribution in [-0.4, -0.2) is 4.57 Å². The van der Waals surface area contributed by atoms with Crippen molar-refractivity contribution in [3.05, 3.63) is 45.6 Å². The summed E-state index contributed by atoms with van der Waals surface area (Å²) < 4.78 is 1.82. The van der Waals surface area contributed by atoms with Gasteiger partial charge in [0.05, 0.1) is 10.6 Å². The van der Waals surface area contributed by atoms with Gasteiger partial charge in [0.25, 0.3) is 5.56 Å². The maximum absolute atomic E-state index is 12.5. The first-order valence-electron chi connectivity index (χ1n) is 6.07. The molecule has 0 bridgehead atoms. The minimum Gasteiger partial charge on any atom is -0.324 e. The van der Waals surface area contributed by atoms with Gasteiger partial charge in [-0.1, -0.05) is 6.07 Å². The Hall–Kier alpha value is -1.39. The molecule has 4 heteroatoms. The van der Waals surface area contributed by atoms with Gasteiger partial charge in [-0.3, -0.25) is 4.79 Å². The average Bonchev–Trinajstić information content (AvgIpc) is 2.80. The Balaban J connectivity index is 2.70. The normalized spacial score (nSPS) is 12.9. The number of nitrogens with zero attached hydrogens (tertiary/aromatic N) is 1. The zero-order chi connectivity index (χ0) is 13.3. The molecule has 2 aromatic rings. The van der Waals surface area contributed by atoms with Gasteiger partial charge in [-0.25, -0.2) is 0 Å². The topological polar surface area (TPSA) is 48.0 Å². The smallest absolute Gasteiger partial charge is 0.256 e. The molecular weight excluding hydrogens is 244 g/mol. The van der Waals surface area contributed by atoms with Gasteiger partial charge < -0.3 is 10.3 Å². The van der Waals surface area contributed by atoms with Gasteiger partial charge in [0.1, 0.15) is 0 Å². The highest BCUT2D eigenvalue weighted by Crippen LogP contribution is 2.26. The van der Waals surface area contributed by atoms with Gasteiger partial charge in [-0.15, -0.1) is 11.3 Å². The van der Waals surface area contributed by atoms with Gasteiger partial charge in [0.2, 0.25) is 0 Å². The number of hydrogen-bond acceptors (Lipinski definition) is 3. The van der Waals surface area contributed by atoms with Crippen molar-refractivity contribution in [2.24, 2.45) is 5.73 Å². The minimum absolute atomic E-state index is 0.0194. The third-order valence-electron chi connectivity index (χ3n) is 2.93. The molecule has 0 fully saturated rings. The molecule has 2 N–H and O–H groups in total. The first-order chi connectivity index (χ1) is 8.52. The van der Waals surface area contributed by atoms with Crippen molar-refractivity contribution in [3.63, 3.8) is 0 Å². The van der Waals surface area contributed by atoms with Crippen LogP contribution in [0.2, 0.25) is 0 Å². The highest BCUT2D eigenvalue weighted by molar-refractivity contribution is 7.13. The number of rotatable bonds is 3. The summed E-state index contributed by atoms with van der Waals surface area (Å²) in [7, 11) is 0. The maximum atomic E-state index is 12.5. The van der Waals surface area contributed by atoms with Crippen LogP contribution in [0.1, 0.15) is 38.4 Å². The standard InChI is InChI=1S/C14H18N2OS/c1-9(2)16-12(13-5-4-8-18-13)7-6-11(10(3)15)14(16)17/h4-10H,15H2,1-3H3. The Kier molecular flexibility index (Phi) is 3.68. The first kappa shape index (κ1) is 13.1. The lowest BCUT2D eigenvalue weighted by atomic mass is 10.1. The second kappa shape index (κ2) is 5.08. The molecule has 18 heavy (non-hydrogen) atoms. The molecule has 0 amide bonds. The Morgan fingerprint density at radius 3 is 2.44 bits per heavy atom. The Morgan fingerprint density at radius 2 is 1.94 bits per heavy atom. The Labute approximate surface area is 111 Å². The molecule has 1 atom stereocenters. The summed E-state index contributed by atoms with van der Waals surface area (Å²) in [6.07, 6.45) is 0. The van der Waals surface area contributed by atoms with E-state index in [0.29, 0.717) is 5.56 Å². The summed E-state index contributed by atoms with van der Waals surface area (Å²) in [5.74, 6) is 0. The van der Waals surface area contributed by atoms with Crippen molar-refractivity contribution in [3.8, 4) is 10.6 Å². The van der Waals surface area contributed by atoms with E-state index in [9.17, 15) is 4.79 Å². The summed E-state index contributed by atoms with van der Waals surface area (Å²) in [6.45, 7) is 5.87. The van der Waals surface area contributed by atoms with Crippen LogP contribution in [0.15, 0.2) is 34.4 Å². The van der Waals surface area contributed by atoms with Crippen LogP contribution < -0.4 is 11.3 Å². The molecule has 0 radical (unpaired) electrons. The average molecular weight is 262 g/mol. The minimum atomic E-state index is -0.236. The fourth-order valence-electron chi connectivity index (χ4n) is 2.05. The number of pyridine rings is 1. The predicted octanol–water partition coefficient (Wildman–Crippen LogP) is 3.18. The third-order valence-corrected chi connectivity index (χ3v) is 3.82. The van der Waals surface area contributed by atoms with Gasteiger partial charge in [0.15, 0.2) is 0 Å². The predicted molar refractivity (Wildman–Crippen MR) is 77.0 cm³/mol. The number of aromatic nitrogens is 1. The van der Waals surface area contributed by atoms with Crippen LogP contribution in [0.5, 0.6) is 0 Å². The summed E-state index contributed by atoms with van der Waals surface area (Å²) in [6, 6.07) is 7.75. The highest BCUT2D eigenvalue weighted by atomic mass is 32.1. The lowest BCUT2D eigenvalue weighted by Crippen LogP contribution is -2.29. The fraction of sp³-hybridized carbons (Fsp3) is 0.357. The molecule has 0 aromatic carbocycles. The first-order valence-corrected chi connectivity index (χ1v) is 6.95. The van der Waals surface area contributed by atoms with Gasteiger partial charge in [-0.05, 0) is 44.4 Å². The molecule has 0 aliphatic heterocycles. The van der Waals surface area contributed by atoms with Crippen molar-refractivity contribution in [1.29, 1.82) is 0 Å². The summed E-state index contributed by atoms with van der Waals surface area (Å²) in [5.41, 5.74) is 7.50. The maximum Gasteiger partial charge on any atom is 0.256 e. The summed E-state index contributed by atoms with van der Waals surface area (Å²) >= 11 is 1.64. The molecule has 1 unspecified atom stereocenters. The molecule has 0 aliphatic rings. The summed E-state index contributed by atoms with van der Waals surface area (Å²) in [5, 5.41) is 2.02. The molecule has 0 spiro atoms. The fourth-order valence-corrected chi connectivity index (χ4v) is 2.80. The quantitative estimate of drug-likeness (QED) is 0.923. The van der Waals surface area contributed by atoms with E-state index in [2.05, 4.69) is 0 Å². The second-order valence-electron chi connectivity index (χ2n) is 4.71. The van der Waals surface area contributed by atoms with E-state index < -0.39 is 0 Å². The molecule has 3 nitrogen and oxygen atoms in total. The van der Waals surface area contributed by atoms with Crippen molar-refractivity contribution >= 4 is 11.3 Å². The van der Waals surface area contributed by atoms with Crippen molar-refractivity contribution < 1.29 is 0 Å². The zero-order valence-electron chi connectivity index (χ0n) is 10.9. The summed E-state index contributed by atoms with van der Waals surface area (Å²) in [4.78, 5) is 13.6. The molecule has 0 aliphatic carbocycles. The lowest BCUT2D eigenvalue weighted by Gasteiger charge is -2.18. The number of nitrogens with two attached hydrogens (primary N) is 1. The van der Waals surface area contributed by atoms with Crippen LogP contribution in [0.4, 0.5) is 0 Å². The molecule has 2 heterocycles. The van der Waals surface area contributed by atoms with Crippen molar-refractivity contribution in [2.75, 3.05) is 0 Å². The highest BCUT2D eigenvalue weighted by Gasteiger charge is 2.15. The Morgan fingerprint density at radius 1 is 1.22 bits per heavy atom. The van der Waals surface area contributed by atoms with Crippen LogP contribution >= 0.6 is 11.3 Å². The van der Waals surface area contributed by atoms with E-state index in [1.54, 1.807) is 11.3 Å². The van der Waals surface area contributed by atoms with E-state index in [1.807, 2.05) is 55.0 Å². The molecule has 2 rings (SSSR count). The number of hydrogen-bond donors (Lipinski definition) is 1.